The molecule has 8 heteroatoms. The molecule has 0 spiro atoms. The summed E-state index contributed by atoms with van der Waals surface area (Å²) in [5.74, 6) is -0.250. The van der Waals surface area contributed by atoms with Crippen LogP contribution in [0.1, 0.15) is 46.3 Å². The van der Waals surface area contributed by atoms with Crippen LogP contribution in [-0.4, -0.2) is 40.6 Å². The van der Waals surface area contributed by atoms with Crippen LogP contribution in [0.2, 0.25) is 0 Å². The van der Waals surface area contributed by atoms with Crippen LogP contribution < -0.4 is 16.0 Å². The van der Waals surface area contributed by atoms with Crippen molar-refractivity contribution in [1.29, 1.82) is 0 Å². The number of anilines is 2. The van der Waals surface area contributed by atoms with Gasteiger partial charge in [-0.25, -0.2) is 4.98 Å². The average molecular weight is 393 g/mol. The number of aryl methyl sites for hydroxylation is 2. The highest BCUT2D eigenvalue weighted by atomic mass is 32.1. The van der Waals surface area contributed by atoms with E-state index < -0.39 is 6.35 Å². The maximum Gasteiger partial charge on any atom is 0.267 e. The van der Waals surface area contributed by atoms with Gasteiger partial charge in [0.05, 0.1) is 5.69 Å². The van der Waals surface area contributed by atoms with Crippen LogP contribution in [0, 0.1) is 13.8 Å². The Morgan fingerprint density at radius 1 is 1.33 bits per heavy atom. The summed E-state index contributed by atoms with van der Waals surface area (Å²) in [7, 11) is 0. The van der Waals surface area contributed by atoms with E-state index >= 15 is 0 Å². The number of hydrogen-bond acceptors (Lipinski definition) is 7. The van der Waals surface area contributed by atoms with Crippen LogP contribution in [0.15, 0.2) is 18.2 Å². The van der Waals surface area contributed by atoms with Gasteiger partial charge in [0.1, 0.15) is 4.88 Å². The number of aliphatic hydroxyl groups excluding tert-OH is 2. The second kappa shape index (κ2) is 10.4. The van der Waals surface area contributed by atoms with E-state index in [1.807, 2.05) is 25.1 Å². The summed E-state index contributed by atoms with van der Waals surface area (Å²) in [5.41, 5.74) is 3.14. The molecule has 0 aliphatic heterocycles. The molecule has 7 nitrogen and oxygen atoms in total. The zero-order chi connectivity index (χ0) is 19.8. The Labute approximate surface area is 163 Å². The lowest BCUT2D eigenvalue weighted by Gasteiger charge is -2.13. The van der Waals surface area contributed by atoms with Crippen LogP contribution in [0.5, 0.6) is 0 Å². The Hall–Kier alpha value is -2.00. The molecule has 1 aromatic heterocycles. The van der Waals surface area contributed by atoms with Gasteiger partial charge in [-0.3, -0.25) is 10.1 Å². The molecule has 5 N–H and O–H groups in total. The molecule has 0 saturated carbocycles. The average Bonchev–Trinajstić information content (AvgIpc) is 2.98. The van der Waals surface area contributed by atoms with Gasteiger partial charge in [-0.05, 0) is 44.4 Å². The molecule has 2 aromatic rings. The van der Waals surface area contributed by atoms with Gasteiger partial charge >= 0.3 is 0 Å². The summed E-state index contributed by atoms with van der Waals surface area (Å²) in [5, 5.41) is 28.4. The largest absolute Gasteiger partial charge is 0.396 e. The van der Waals surface area contributed by atoms with Crippen LogP contribution >= 0.6 is 11.3 Å². The number of benzene rings is 1. The van der Waals surface area contributed by atoms with Gasteiger partial charge in [0.2, 0.25) is 0 Å². The summed E-state index contributed by atoms with van der Waals surface area (Å²) in [4.78, 5) is 17.6. The number of amides is 1. The summed E-state index contributed by atoms with van der Waals surface area (Å²) >= 11 is 1.20. The van der Waals surface area contributed by atoms with Crippen molar-refractivity contribution in [2.45, 2.75) is 46.4 Å². The highest BCUT2D eigenvalue weighted by Crippen LogP contribution is 2.26. The number of thiazole rings is 1. The monoisotopic (exact) mass is 392 g/mol. The molecule has 0 radical (unpaired) electrons. The zero-order valence-corrected chi connectivity index (χ0v) is 16.8. The van der Waals surface area contributed by atoms with Gasteiger partial charge in [0.25, 0.3) is 5.91 Å². The lowest BCUT2D eigenvalue weighted by molar-refractivity contribution is 0.102. The van der Waals surface area contributed by atoms with Gasteiger partial charge in [0.15, 0.2) is 11.5 Å². The molecule has 148 valence electrons. The van der Waals surface area contributed by atoms with Crippen molar-refractivity contribution < 1.29 is 15.0 Å². The lowest BCUT2D eigenvalue weighted by Crippen LogP contribution is -2.36. The predicted molar refractivity (Wildman–Crippen MR) is 109 cm³/mol. The predicted octanol–water partition coefficient (Wildman–Crippen LogP) is 2.62. The molecule has 0 saturated heterocycles. The first kappa shape index (κ1) is 21.3. The van der Waals surface area contributed by atoms with Crippen molar-refractivity contribution in [3.8, 4) is 0 Å². The minimum Gasteiger partial charge on any atom is -0.396 e. The van der Waals surface area contributed by atoms with Gasteiger partial charge in [0, 0.05) is 12.3 Å². The minimum atomic E-state index is -0.912. The molecule has 1 heterocycles. The second-order valence-electron chi connectivity index (χ2n) is 6.32. The Bertz CT molecular complexity index is 763. The third kappa shape index (κ3) is 6.00. The van der Waals surface area contributed by atoms with E-state index in [1.165, 1.54) is 11.3 Å². The Morgan fingerprint density at radius 2 is 2.11 bits per heavy atom. The molecule has 1 amide bonds. The number of unbranched alkanes of at least 4 members (excludes halogenated alkanes) is 1. The highest BCUT2D eigenvalue weighted by molar-refractivity contribution is 7.17. The molecular weight excluding hydrogens is 364 g/mol. The van der Waals surface area contributed by atoms with Gasteiger partial charge in [-0.2, -0.15) is 0 Å². The fourth-order valence-electron chi connectivity index (χ4n) is 2.66. The van der Waals surface area contributed by atoms with E-state index in [2.05, 4.69) is 27.9 Å². The van der Waals surface area contributed by atoms with Crippen molar-refractivity contribution in [1.82, 2.24) is 10.3 Å². The first-order valence-corrected chi connectivity index (χ1v) is 9.94. The summed E-state index contributed by atoms with van der Waals surface area (Å²) in [6.07, 6.45) is 1.57. The molecule has 0 aliphatic rings. The molecule has 0 aliphatic carbocycles. The fraction of sp³-hybridized carbons (Fsp3) is 0.474. The quantitative estimate of drug-likeness (QED) is 0.314. The summed E-state index contributed by atoms with van der Waals surface area (Å²) in [6.45, 7) is 6.48. The van der Waals surface area contributed by atoms with E-state index in [-0.39, 0.29) is 12.5 Å². The maximum atomic E-state index is 12.7. The number of carbonyl (C=O) groups is 1. The normalized spacial score (nSPS) is 12.0. The second-order valence-corrected chi connectivity index (χ2v) is 7.32. The summed E-state index contributed by atoms with van der Waals surface area (Å²) < 4.78 is 0. The smallest absolute Gasteiger partial charge is 0.267 e. The molecule has 1 unspecified atom stereocenters. The third-order valence-electron chi connectivity index (χ3n) is 4.11. The Morgan fingerprint density at radius 3 is 2.81 bits per heavy atom. The van der Waals surface area contributed by atoms with Crippen molar-refractivity contribution in [2.75, 3.05) is 23.8 Å². The number of rotatable bonds is 10. The van der Waals surface area contributed by atoms with Gasteiger partial charge in [-0.1, -0.05) is 42.9 Å². The first-order chi connectivity index (χ1) is 13.0. The van der Waals surface area contributed by atoms with Crippen LogP contribution in [0.3, 0.4) is 0 Å². The number of para-hydroxylation sites is 1. The van der Waals surface area contributed by atoms with Crippen LogP contribution in [0.4, 0.5) is 10.8 Å². The molecule has 1 aromatic carbocycles. The summed E-state index contributed by atoms with van der Waals surface area (Å²) in [6, 6.07) is 5.72. The fourth-order valence-corrected chi connectivity index (χ4v) is 3.54. The van der Waals surface area contributed by atoms with E-state index in [4.69, 9.17) is 0 Å². The standard InChI is InChI=1S/C19H28N4O3S/c1-4-5-10-20-18(26)23-19-21-13(3)16(27-19)17(25)22-15-12(2)7-6-8-14(15)9-11-24/h6-8,18,20,24,26H,4-5,9-11H2,1-3H3,(H,21,23)(H,22,25). The Kier molecular flexibility index (Phi) is 8.18. The number of nitrogens with zero attached hydrogens (tertiary/aromatic N) is 1. The number of carbonyl (C=O) groups excluding carboxylic acids is 1. The maximum absolute atomic E-state index is 12.7. The Balaban J connectivity index is 2.09. The SMILES string of the molecule is CCCCNC(O)Nc1nc(C)c(C(=O)Nc2c(C)cccc2CCO)s1. The first-order valence-electron chi connectivity index (χ1n) is 9.12. The highest BCUT2D eigenvalue weighted by Gasteiger charge is 2.18. The molecule has 0 fully saturated rings. The topological polar surface area (TPSA) is 107 Å². The zero-order valence-electron chi connectivity index (χ0n) is 16.0. The molecule has 2 rings (SSSR count). The van der Waals surface area contributed by atoms with E-state index in [9.17, 15) is 15.0 Å². The van der Waals surface area contributed by atoms with E-state index in [1.54, 1.807) is 6.92 Å². The number of aromatic nitrogens is 1. The molecule has 27 heavy (non-hydrogen) atoms. The molecule has 0 bridgehead atoms. The van der Waals surface area contributed by atoms with Crippen molar-refractivity contribution in [2.24, 2.45) is 0 Å². The minimum absolute atomic E-state index is 0.0168. The van der Waals surface area contributed by atoms with Crippen LogP contribution in [-0.2, 0) is 6.42 Å². The molecule has 1 atom stereocenters. The number of hydrogen-bond donors (Lipinski definition) is 5. The lowest BCUT2D eigenvalue weighted by atomic mass is 10.1. The van der Waals surface area contributed by atoms with Crippen molar-refractivity contribution in [3.63, 3.8) is 0 Å². The van der Waals surface area contributed by atoms with Gasteiger partial charge < -0.3 is 20.8 Å². The van der Waals surface area contributed by atoms with E-state index in [0.29, 0.717) is 28.7 Å². The molecular formula is C19H28N4O3S. The number of aliphatic hydroxyl groups is 2. The van der Waals surface area contributed by atoms with Crippen molar-refractivity contribution in [3.05, 3.63) is 39.9 Å². The van der Waals surface area contributed by atoms with Crippen LogP contribution in [0.25, 0.3) is 0 Å². The van der Waals surface area contributed by atoms with E-state index in [0.717, 1.165) is 29.7 Å². The van der Waals surface area contributed by atoms with Crippen molar-refractivity contribution >= 4 is 28.1 Å². The number of nitrogens with one attached hydrogen (secondary N) is 3. The third-order valence-corrected chi connectivity index (χ3v) is 5.20. The van der Waals surface area contributed by atoms with Gasteiger partial charge in [-0.15, -0.1) is 0 Å².